The van der Waals surface area contributed by atoms with Crippen molar-refractivity contribution in [2.45, 2.75) is 68.3 Å². The van der Waals surface area contributed by atoms with Crippen molar-refractivity contribution in [3.8, 4) is 51.6 Å². The summed E-state index contributed by atoms with van der Waals surface area (Å²) in [6, 6.07) is 3.93. The Morgan fingerprint density at radius 3 is 1.91 bits per heavy atom. The summed E-state index contributed by atoms with van der Waals surface area (Å²) in [4.78, 5) is 0. The highest BCUT2D eigenvalue weighted by Gasteiger charge is 2.48. The first-order valence-electron chi connectivity index (χ1n) is 13.2. The van der Waals surface area contributed by atoms with Crippen LogP contribution in [0.2, 0.25) is 0 Å². The second-order valence-corrected chi connectivity index (χ2v) is 10.5. The summed E-state index contributed by atoms with van der Waals surface area (Å²) >= 11 is 0. The fourth-order valence-corrected chi connectivity index (χ4v) is 4.86. The Bertz CT molecular complexity index is 1510. The average molecular weight is 628 g/mol. The lowest BCUT2D eigenvalue weighted by Crippen LogP contribution is -2.61. The van der Waals surface area contributed by atoms with Crippen molar-refractivity contribution in [2.24, 2.45) is 0 Å². The fourth-order valence-electron chi connectivity index (χ4n) is 4.86. The van der Waals surface area contributed by atoms with Crippen LogP contribution in [-0.2, 0) is 14.2 Å². The standard InChI is InChI=1S/C27H30O17/c1-7-16(31)21(36)23(38)26(41-7)40-6-15-20(35)22(37)24(39)27(44-15)43-14-4-9-13(5-12(30)19(34)17(9)32)42-25(14)8-2-10(28)18(33)11(29)3-8/h2-5,7,15-16,20-24,26-27,31,35-39H,6H2,1H3,(H5-,28,29,30,32,33,34)/p+1/t7-,15+,16-,20+,21+,22-,23+,24+,26+,27+/m0/s1. The molecule has 2 fully saturated rings. The molecule has 0 saturated carbocycles. The van der Waals surface area contributed by atoms with Crippen LogP contribution in [0.5, 0.6) is 40.2 Å². The van der Waals surface area contributed by atoms with Gasteiger partial charge in [-0.25, -0.2) is 4.42 Å². The van der Waals surface area contributed by atoms with Crippen LogP contribution >= 0.6 is 0 Å². The predicted octanol–water partition coefficient (Wildman–Crippen LogP) is -1.36. The number of phenolic OH excluding ortho intramolecular Hbond substituents is 6. The lowest BCUT2D eigenvalue weighted by molar-refractivity contribution is -0.318. The molecular weight excluding hydrogens is 596 g/mol. The Balaban J connectivity index is 1.48. The van der Waals surface area contributed by atoms with Crippen molar-refractivity contribution in [3.63, 3.8) is 0 Å². The van der Waals surface area contributed by atoms with E-state index in [-0.39, 0.29) is 22.3 Å². The highest BCUT2D eigenvalue weighted by Crippen LogP contribution is 2.47. The van der Waals surface area contributed by atoms with Crippen LogP contribution in [-0.4, -0.2) is 129 Å². The Hall–Kier alpha value is -3.91. The van der Waals surface area contributed by atoms with E-state index in [1.807, 2.05) is 0 Å². The van der Waals surface area contributed by atoms with Gasteiger partial charge in [-0.15, -0.1) is 0 Å². The van der Waals surface area contributed by atoms with Gasteiger partial charge in [-0.2, -0.15) is 0 Å². The Labute approximate surface area is 246 Å². The normalized spacial score (nSPS) is 32.5. The van der Waals surface area contributed by atoms with Gasteiger partial charge in [-0.3, -0.25) is 0 Å². The molecule has 0 aliphatic carbocycles. The first-order valence-corrected chi connectivity index (χ1v) is 13.2. The van der Waals surface area contributed by atoms with Gasteiger partial charge in [0.15, 0.2) is 35.0 Å². The van der Waals surface area contributed by atoms with Gasteiger partial charge in [0.05, 0.1) is 24.3 Å². The summed E-state index contributed by atoms with van der Waals surface area (Å²) in [6.45, 7) is 0.829. The van der Waals surface area contributed by atoms with E-state index in [2.05, 4.69) is 0 Å². The minimum absolute atomic E-state index is 0.133. The molecule has 2 aliphatic rings. The highest BCUT2D eigenvalue weighted by molar-refractivity contribution is 5.91. The van der Waals surface area contributed by atoms with Crippen LogP contribution in [0, 0.1) is 0 Å². The first-order chi connectivity index (χ1) is 20.7. The molecule has 0 bridgehead atoms. The minimum Gasteiger partial charge on any atom is -0.504 e. The molecule has 17 nitrogen and oxygen atoms in total. The minimum atomic E-state index is -1.93. The highest BCUT2D eigenvalue weighted by atomic mass is 16.7. The fraction of sp³-hybridized carbons (Fsp3) is 0.444. The van der Waals surface area contributed by atoms with Crippen molar-refractivity contribution in [3.05, 3.63) is 24.3 Å². The molecule has 240 valence electrons. The Kier molecular flexibility index (Phi) is 8.51. The van der Waals surface area contributed by atoms with Crippen LogP contribution in [0.1, 0.15) is 6.92 Å². The van der Waals surface area contributed by atoms with Gasteiger partial charge in [0.2, 0.25) is 17.8 Å². The van der Waals surface area contributed by atoms with Gasteiger partial charge in [-0.1, -0.05) is 0 Å². The number of benzene rings is 2. The molecule has 5 rings (SSSR count). The third-order valence-corrected chi connectivity index (χ3v) is 7.44. The zero-order chi connectivity index (χ0) is 32.2. The lowest BCUT2D eigenvalue weighted by atomic mass is 9.98. The van der Waals surface area contributed by atoms with Crippen LogP contribution in [0.4, 0.5) is 0 Å². The molecule has 12 N–H and O–H groups in total. The summed E-state index contributed by atoms with van der Waals surface area (Å²) in [5.74, 6) is -5.64. The van der Waals surface area contributed by atoms with E-state index in [1.54, 1.807) is 0 Å². The Morgan fingerprint density at radius 2 is 1.25 bits per heavy atom. The van der Waals surface area contributed by atoms with Crippen LogP contribution < -0.4 is 4.74 Å². The van der Waals surface area contributed by atoms with Gasteiger partial charge >= 0.3 is 11.3 Å². The average Bonchev–Trinajstić information content (AvgIpc) is 2.99. The number of phenols is 6. The maximum absolute atomic E-state index is 10.7. The molecule has 2 aromatic carbocycles. The first kappa shape index (κ1) is 31.5. The molecule has 0 spiro atoms. The number of aromatic hydroxyl groups is 6. The third-order valence-electron chi connectivity index (χ3n) is 7.44. The predicted molar refractivity (Wildman–Crippen MR) is 142 cm³/mol. The number of hydrogen-bond acceptors (Lipinski definition) is 16. The van der Waals surface area contributed by atoms with Crippen molar-refractivity contribution in [1.29, 1.82) is 0 Å². The zero-order valence-electron chi connectivity index (χ0n) is 22.7. The summed E-state index contributed by atoms with van der Waals surface area (Å²) in [5.41, 5.74) is -0.363. The lowest BCUT2D eigenvalue weighted by Gasteiger charge is -2.42. The zero-order valence-corrected chi connectivity index (χ0v) is 22.7. The molecule has 3 heterocycles. The summed E-state index contributed by atoms with van der Waals surface area (Å²) in [5, 5.41) is 122. The van der Waals surface area contributed by atoms with E-state index in [4.69, 9.17) is 23.4 Å². The van der Waals surface area contributed by atoms with Gasteiger partial charge in [0, 0.05) is 18.2 Å². The third kappa shape index (κ3) is 5.56. The van der Waals surface area contributed by atoms with Crippen molar-refractivity contribution < 1.29 is 84.6 Å². The second kappa shape index (κ2) is 11.9. The maximum atomic E-state index is 10.7. The van der Waals surface area contributed by atoms with Crippen LogP contribution in [0.25, 0.3) is 22.3 Å². The maximum Gasteiger partial charge on any atom is 0.402 e. The molecule has 0 amide bonds. The van der Waals surface area contributed by atoms with Gasteiger partial charge in [0.1, 0.15) is 48.1 Å². The number of hydrogen-bond donors (Lipinski definition) is 12. The summed E-state index contributed by atoms with van der Waals surface area (Å²) in [7, 11) is 0. The molecule has 1 aromatic heterocycles. The molecule has 0 unspecified atom stereocenters. The summed E-state index contributed by atoms with van der Waals surface area (Å²) in [6.07, 6.45) is -16.0. The number of rotatable bonds is 6. The largest absolute Gasteiger partial charge is 0.504 e. The molecule has 17 heteroatoms. The van der Waals surface area contributed by atoms with E-state index in [1.165, 1.54) is 6.92 Å². The number of ether oxygens (including phenoxy) is 4. The van der Waals surface area contributed by atoms with Crippen molar-refractivity contribution in [1.82, 2.24) is 0 Å². The van der Waals surface area contributed by atoms with E-state index >= 15 is 0 Å². The number of aliphatic hydroxyl groups excluding tert-OH is 6. The van der Waals surface area contributed by atoms with Gasteiger partial charge in [-0.05, 0) is 6.92 Å². The quantitative estimate of drug-likeness (QED) is 0.111. The summed E-state index contributed by atoms with van der Waals surface area (Å²) < 4.78 is 28.0. The molecule has 2 aliphatic heterocycles. The van der Waals surface area contributed by atoms with E-state index in [9.17, 15) is 61.3 Å². The molecule has 44 heavy (non-hydrogen) atoms. The van der Waals surface area contributed by atoms with E-state index in [0.29, 0.717) is 0 Å². The van der Waals surface area contributed by atoms with Crippen molar-refractivity contribution >= 4 is 11.0 Å². The van der Waals surface area contributed by atoms with Crippen LogP contribution in [0.3, 0.4) is 0 Å². The van der Waals surface area contributed by atoms with E-state index in [0.717, 1.165) is 24.3 Å². The second-order valence-electron chi connectivity index (χ2n) is 10.5. The number of aliphatic hydroxyl groups is 6. The molecule has 3 aromatic rings. The Morgan fingerprint density at radius 1 is 0.659 bits per heavy atom. The molecule has 0 radical (unpaired) electrons. The molecular formula is C27H31O17+. The van der Waals surface area contributed by atoms with Crippen molar-refractivity contribution in [2.75, 3.05) is 6.61 Å². The molecule has 2 saturated heterocycles. The van der Waals surface area contributed by atoms with E-state index < -0.39 is 108 Å². The molecule has 10 atom stereocenters. The van der Waals surface area contributed by atoms with Crippen LogP contribution in [0.15, 0.2) is 28.7 Å². The SMILES string of the molecule is C[C@@H]1O[C@@H](OC[C@H]2O[C@@H](Oc3cc4c(O)c(O)c(O)cc4[o+]c3-c3cc(O)c(O)c(O)c3)[C@H](O)[C@@H](O)[C@@H]2O)[C@H](O)[C@H](O)[C@H]1O. The topological polar surface area (TPSA) is 291 Å². The number of fused-ring (bicyclic) bond motifs is 1. The van der Waals surface area contributed by atoms with Gasteiger partial charge in [0.25, 0.3) is 0 Å². The van der Waals surface area contributed by atoms with Gasteiger partial charge < -0.3 is 80.2 Å². The smallest absolute Gasteiger partial charge is 0.402 e. The monoisotopic (exact) mass is 627 g/mol.